The van der Waals surface area contributed by atoms with Gasteiger partial charge in [0.15, 0.2) is 0 Å². The Bertz CT molecular complexity index is 1320. The van der Waals surface area contributed by atoms with Crippen molar-refractivity contribution < 1.29 is 14.6 Å². The molecule has 172 valence electrons. The Balaban J connectivity index is 1.63. The molecule has 1 aliphatic rings. The summed E-state index contributed by atoms with van der Waals surface area (Å²) in [4.78, 5) is 0. The van der Waals surface area contributed by atoms with E-state index in [1.807, 2.05) is 44.5 Å². The van der Waals surface area contributed by atoms with Crippen molar-refractivity contribution in [3.05, 3.63) is 41.3 Å². The zero-order valence-electron chi connectivity index (χ0n) is 19.1. The third kappa shape index (κ3) is 4.00. The molecule has 5 rings (SSSR count). The molecule has 0 saturated heterocycles. The number of hydrogen-bond donors (Lipinski definition) is 2. The molecule has 0 radical (unpaired) electrons. The zero-order chi connectivity index (χ0) is 22.9. The zero-order valence-corrected chi connectivity index (χ0v) is 19.1. The first-order valence-electron chi connectivity index (χ1n) is 11.2. The lowest BCUT2D eigenvalue weighted by molar-refractivity contribution is 0.192. The summed E-state index contributed by atoms with van der Waals surface area (Å²) < 4.78 is 15.9. The molecular weight excluding hydrogens is 420 g/mol. The van der Waals surface area contributed by atoms with Gasteiger partial charge in [0.05, 0.1) is 60.6 Å². The Morgan fingerprint density at radius 3 is 2.94 bits per heavy atom. The number of nitrogens with one attached hydrogen (secondary N) is 1. The van der Waals surface area contributed by atoms with E-state index in [0.717, 1.165) is 51.3 Å². The number of H-pyrrole nitrogens is 1. The lowest BCUT2D eigenvalue weighted by Crippen LogP contribution is -2.16. The Morgan fingerprint density at radius 1 is 1.21 bits per heavy atom. The summed E-state index contributed by atoms with van der Waals surface area (Å²) in [6, 6.07) is 6.15. The second-order valence-corrected chi connectivity index (χ2v) is 8.49. The monoisotopic (exact) mass is 448 g/mol. The number of benzene rings is 1. The Kier molecular flexibility index (Phi) is 5.63. The number of rotatable bonds is 2. The SMILES string of the molecule is Cc1nn(CCO)c2c1/C=C/c1[nH]nc3ccc(cc13)-c1cnn(C)c1OCCC(C)CO2. The fourth-order valence-corrected chi connectivity index (χ4v) is 4.11. The molecule has 4 aromatic rings. The lowest BCUT2D eigenvalue weighted by Gasteiger charge is -2.16. The third-order valence-electron chi connectivity index (χ3n) is 5.99. The Hall–Kier alpha value is -3.59. The van der Waals surface area contributed by atoms with Gasteiger partial charge in [-0.1, -0.05) is 13.0 Å². The van der Waals surface area contributed by atoms with E-state index in [1.165, 1.54) is 0 Å². The summed E-state index contributed by atoms with van der Waals surface area (Å²) >= 11 is 0. The van der Waals surface area contributed by atoms with E-state index < -0.39 is 0 Å². The molecule has 2 bridgehead atoms. The normalized spacial score (nSPS) is 17.4. The van der Waals surface area contributed by atoms with Crippen LogP contribution in [0.25, 0.3) is 34.2 Å². The van der Waals surface area contributed by atoms with E-state index in [0.29, 0.717) is 25.6 Å². The van der Waals surface area contributed by atoms with Crippen LogP contribution in [-0.4, -0.2) is 54.7 Å². The molecule has 9 nitrogen and oxygen atoms in total. The summed E-state index contributed by atoms with van der Waals surface area (Å²) in [5, 5.41) is 27.1. The highest BCUT2D eigenvalue weighted by atomic mass is 16.5. The molecule has 1 aromatic carbocycles. The number of aliphatic hydroxyl groups is 1. The highest BCUT2D eigenvalue weighted by molar-refractivity contribution is 5.93. The fraction of sp³-hybridized carbons (Fsp3) is 0.375. The smallest absolute Gasteiger partial charge is 0.219 e. The van der Waals surface area contributed by atoms with Crippen LogP contribution in [0.5, 0.6) is 11.8 Å². The topological polar surface area (TPSA) is 103 Å². The lowest BCUT2D eigenvalue weighted by atomic mass is 10.0. The number of hydrogen-bond acceptors (Lipinski definition) is 6. The van der Waals surface area contributed by atoms with Gasteiger partial charge in [-0.3, -0.25) is 5.10 Å². The van der Waals surface area contributed by atoms with Gasteiger partial charge in [-0.2, -0.15) is 15.3 Å². The predicted molar refractivity (Wildman–Crippen MR) is 126 cm³/mol. The molecular formula is C24H28N6O3. The van der Waals surface area contributed by atoms with E-state index in [4.69, 9.17) is 9.47 Å². The number of nitrogens with zero attached hydrogens (tertiary/aromatic N) is 5. The number of aryl methyl sites for hydroxylation is 2. The molecule has 1 unspecified atom stereocenters. The van der Waals surface area contributed by atoms with Crippen LogP contribution in [0.3, 0.4) is 0 Å². The van der Waals surface area contributed by atoms with Crippen LogP contribution in [0.4, 0.5) is 0 Å². The summed E-state index contributed by atoms with van der Waals surface area (Å²) in [5.41, 5.74) is 5.49. The van der Waals surface area contributed by atoms with Crippen molar-refractivity contribution in [2.24, 2.45) is 13.0 Å². The quantitative estimate of drug-likeness (QED) is 0.487. The fourth-order valence-electron chi connectivity index (χ4n) is 4.11. The second-order valence-electron chi connectivity index (χ2n) is 8.49. The number of aromatic amines is 1. The Morgan fingerprint density at radius 2 is 2.09 bits per heavy atom. The minimum absolute atomic E-state index is 0.00890. The molecule has 1 atom stereocenters. The van der Waals surface area contributed by atoms with Crippen LogP contribution in [0.1, 0.15) is 30.3 Å². The minimum Gasteiger partial charge on any atom is -0.477 e. The molecule has 0 fully saturated rings. The maximum atomic E-state index is 9.48. The van der Waals surface area contributed by atoms with Crippen LogP contribution in [0.2, 0.25) is 0 Å². The first kappa shape index (κ1) is 21.3. The van der Waals surface area contributed by atoms with Gasteiger partial charge in [0.25, 0.3) is 0 Å². The maximum absolute atomic E-state index is 9.48. The van der Waals surface area contributed by atoms with Crippen molar-refractivity contribution in [2.75, 3.05) is 19.8 Å². The van der Waals surface area contributed by atoms with Crippen molar-refractivity contribution >= 4 is 23.1 Å². The van der Waals surface area contributed by atoms with Crippen LogP contribution in [-0.2, 0) is 13.6 Å². The molecule has 1 aliphatic heterocycles. The maximum Gasteiger partial charge on any atom is 0.219 e. The van der Waals surface area contributed by atoms with Crippen molar-refractivity contribution in [3.8, 4) is 22.9 Å². The summed E-state index contributed by atoms with van der Waals surface area (Å²) in [6.45, 7) is 5.52. The summed E-state index contributed by atoms with van der Waals surface area (Å²) in [6.07, 6.45) is 6.66. The molecule has 0 aliphatic carbocycles. The van der Waals surface area contributed by atoms with E-state index in [1.54, 1.807) is 9.36 Å². The molecule has 33 heavy (non-hydrogen) atoms. The average molecular weight is 449 g/mol. The van der Waals surface area contributed by atoms with Gasteiger partial charge in [0, 0.05) is 12.4 Å². The predicted octanol–water partition coefficient (Wildman–Crippen LogP) is 3.43. The molecule has 0 amide bonds. The highest BCUT2D eigenvalue weighted by Crippen LogP contribution is 2.33. The van der Waals surface area contributed by atoms with Crippen LogP contribution < -0.4 is 9.47 Å². The van der Waals surface area contributed by atoms with Gasteiger partial charge in [0.1, 0.15) is 0 Å². The van der Waals surface area contributed by atoms with Crippen LogP contribution in [0, 0.1) is 12.8 Å². The minimum atomic E-state index is -0.00890. The van der Waals surface area contributed by atoms with Gasteiger partial charge < -0.3 is 14.6 Å². The van der Waals surface area contributed by atoms with Gasteiger partial charge in [0.2, 0.25) is 11.8 Å². The second kappa shape index (κ2) is 8.74. The van der Waals surface area contributed by atoms with Crippen LogP contribution in [0.15, 0.2) is 24.4 Å². The van der Waals surface area contributed by atoms with Crippen LogP contribution >= 0.6 is 0 Å². The van der Waals surface area contributed by atoms with E-state index in [9.17, 15) is 5.11 Å². The molecule has 0 saturated carbocycles. The molecule has 9 heteroatoms. The molecule has 4 heterocycles. The first-order chi connectivity index (χ1) is 16.0. The standard InChI is InChI=1S/C24H28N6O3/c1-15-8-11-32-23-20(13-25-29(23)3)17-4-6-21-19(12-17)22(27-26-21)7-5-18-16(2)28-30(9-10-31)24(18)33-14-15/h4-7,12-13,15,31H,8-11,14H2,1-3H3,(H,26,27)/b7-5+. The molecule has 0 spiro atoms. The number of aliphatic hydroxyl groups excluding tert-OH is 1. The largest absolute Gasteiger partial charge is 0.477 e. The highest BCUT2D eigenvalue weighted by Gasteiger charge is 2.18. The molecule has 3 aromatic heterocycles. The van der Waals surface area contributed by atoms with Crippen molar-refractivity contribution in [2.45, 2.75) is 26.8 Å². The van der Waals surface area contributed by atoms with Crippen molar-refractivity contribution in [1.82, 2.24) is 29.8 Å². The van der Waals surface area contributed by atoms with Crippen molar-refractivity contribution in [3.63, 3.8) is 0 Å². The Labute approximate surface area is 191 Å². The van der Waals surface area contributed by atoms with Crippen molar-refractivity contribution in [1.29, 1.82) is 0 Å². The number of ether oxygens (including phenoxy) is 2. The molecule has 2 N–H and O–H groups in total. The first-order valence-corrected chi connectivity index (χ1v) is 11.2. The van der Waals surface area contributed by atoms with Gasteiger partial charge in [-0.15, -0.1) is 0 Å². The summed E-state index contributed by atoms with van der Waals surface area (Å²) in [5.74, 6) is 1.67. The third-order valence-corrected chi connectivity index (χ3v) is 5.99. The summed E-state index contributed by atoms with van der Waals surface area (Å²) in [7, 11) is 1.89. The van der Waals surface area contributed by atoms with E-state index in [-0.39, 0.29) is 12.5 Å². The van der Waals surface area contributed by atoms with E-state index in [2.05, 4.69) is 33.4 Å². The average Bonchev–Trinajstić information content (AvgIpc) is 3.46. The van der Waals surface area contributed by atoms with E-state index >= 15 is 0 Å². The number of fused-ring (bicyclic) bond motifs is 4. The number of aromatic nitrogens is 6. The van der Waals surface area contributed by atoms with Gasteiger partial charge >= 0.3 is 0 Å². The van der Waals surface area contributed by atoms with Gasteiger partial charge in [-0.05, 0) is 49.1 Å². The van der Waals surface area contributed by atoms with Gasteiger partial charge in [-0.25, -0.2) is 9.36 Å².